The molecule has 0 aliphatic heterocycles. The van der Waals surface area contributed by atoms with Crippen LogP contribution in [0.5, 0.6) is 5.75 Å². The van der Waals surface area contributed by atoms with Crippen molar-refractivity contribution in [2.45, 2.75) is 25.0 Å². The van der Waals surface area contributed by atoms with Gasteiger partial charge >= 0.3 is 0 Å². The Labute approximate surface area is 122 Å². The van der Waals surface area contributed by atoms with E-state index in [1.807, 2.05) is 0 Å². The van der Waals surface area contributed by atoms with Crippen LogP contribution in [0.25, 0.3) is 0 Å². The molecule has 114 valence electrons. The van der Waals surface area contributed by atoms with Gasteiger partial charge in [0.1, 0.15) is 5.76 Å². The van der Waals surface area contributed by atoms with Crippen LogP contribution in [0.4, 0.5) is 4.39 Å². The summed E-state index contributed by atoms with van der Waals surface area (Å²) in [5.41, 5.74) is 0.486. The van der Waals surface area contributed by atoms with E-state index in [2.05, 4.69) is 4.72 Å². The molecule has 0 unspecified atom stereocenters. The Morgan fingerprint density at radius 2 is 2.00 bits per heavy atom. The van der Waals surface area contributed by atoms with Crippen molar-refractivity contribution in [3.8, 4) is 5.75 Å². The average molecular weight is 313 g/mol. The third-order valence-electron chi connectivity index (χ3n) is 2.99. The van der Waals surface area contributed by atoms with E-state index in [-0.39, 0.29) is 10.8 Å². The fraction of sp³-hybridized carbons (Fsp3) is 0.286. The van der Waals surface area contributed by atoms with Gasteiger partial charge in [-0.2, -0.15) is 0 Å². The first-order valence-corrected chi connectivity index (χ1v) is 7.74. The second-order valence-corrected chi connectivity index (χ2v) is 6.25. The Balaban J connectivity index is 2.21. The van der Waals surface area contributed by atoms with Gasteiger partial charge in [0.05, 0.1) is 7.11 Å². The summed E-state index contributed by atoms with van der Waals surface area (Å²) in [6, 6.07) is 6.61. The second-order valence-electron chi connectivity index (χ2n) is 4.60. The maximum atomic E-state index is 13.6. The smallest absolute Gasteiger partial charge is 0.274 e. The van der Waals surface area contributed by atoms with Gasteiger partial charge in [-0.25, -0.2) is 17.5 Å². The van der Waals surface area contributed by atoms with Gasteiger partial charge in [-0.05, 0) is 43.7 Å². The number of methoxy groups -OCH3 is 1. The highest BCUT2D eigenvalue weighted by Crippen LogP contribution is 2.23. The zero-order valence-corrected chi connectivity index (χ0v) is 12.7. The number of rotatable bonds is 5. The lowest BCUT2D eigenvalue weighted by molar-refractivity contribution is 0.385. The van der Waals surface area contributed by atoms with Crippen molar-refractivity contribution in [2.75, 3.05) is 7.11 Å². The second kappa shape index (κ2) is 5.87. The predicted octanol–water partition coefficient (Wildman–Crippen LogP) is 2.78. The van der Waals surface area contributed by atoms with E-state index >= 15 is 0 Å². The summed E-state index contributed by atoms with van der Waals surface area (Å²) in [4.78, 5) is 0. The maximum Gasteiger partial charge on any atom is 0.274 e. The first-order valence-electron chi connectivity index (χ1n) is 6.25. The van der Waals surface area contributed by atoms with Crippen LogP contribution in [-0.4, -0.2) is 15.5 Å². The lowest BCUT2D eigenvalue weighted by Gasteiger charge is -2.14. The van der Waals surface area contributed by atoms with Gasteiger partial charge in [0, 0.05) is 6.04 Å². The molecule has 2 rings (SSSR count). The summed E-state index contributed by atoms with van der Waals surface area (Å²) >= 11 is 0. The lowest BCUT2D eigenvalue weighted by atomic mass is 10.1. The molecule has 0 spiro atoms. The van der Waals surface area contributed by atoms with Gasteiger partial charge in [0.2, 0.25) is 5.09 Å². The molecule has 2 aromatic rings. The number of sulfonamides is 1. The minimum atomic E-state index is -3.79. The number of ether oxygens (including phenoxy) is 1. The quantitative estimate of drug-likeness (QED) is 0.921. The summed E-state index contributed by atoms with van der Waals surface area (Å²) < 4.78 is 50.2. The Hall–Kier alpha value is -1.86. The number of nitrogens with one attached hydrogen (secondary N) is 1. The van der Waals surface area contributed by atoms with Crippen molar-refractivity contribution in [3.63, 3.8) is 0 Å². The van der Waals surface area contributed by atoms with E-state index in [1.54, 1.807) is 26.0 Å². The Morgan fingerprint density at radius 1 is 1.29 bits per heavy atom. The van der Waals surface area contributed by atoms with Crippen molar-refractivity contribution in [1.82, 2.24) is 4.72 Å². The van der Waals surface area contributed by atoms with Crippen molar-refractivity contribution < 1.29 is 22.0 Å². The molecule has 0 fully saturated rings. The van der Waals surface area contributed by atoms with Crippen LogP contribution in [0, 0.1) is 12.7 Å². The zero-order chi connectivity index (χ0) is 15.6. The molecule has 5 nitrogen and oxygen atoms in total. The van der Waals surface area contributed by atoms with Crippen LogP contribution in [0.2, 0.25) is 0 Å². The highest BCUT2D eigenvalue weighted by Gasteiger charge is 2.22. The Bertz CT molecular complexity index is 739. The van der Waals surface area contributed by atoms with Crippen LogP contribution in [0.3, 0.4) is 0 Å². The largest absolute Gasteiger partial charge is 0.494 e. The van der Waals surface area contributed by atoms with Crippen LogP contribution in [-0.2, 0) is 10.0 Å². The summed E-state index contributed by atoms with van der Waals surface area (Å²) in [6.07, 6.45) is 0. The summed E-state index contributed by atoms with van der Waals surface area (Å²) in [5.74, 6) is 0.0591. The molecule has 0 aliphatic rings. The normalized spacial score (nSPS) is 13.1. The van der Waals surface area contributed by atoms with Crippen molar-refractivity contribution >= 4 is 10.0 Å². The topological polar surface area (TPSA) is 68.5 Å². The van der Waals surface area contributed by atoms with Gasteiger partial charge in [0.15, 0.2) is 11.6 Å². The number of benzene rings is 1. The highest BCUT2D eigenvalue weighted by atomic mass is 32.2. The SMILES string of the molecule is COc1ccc([C@@H](C)NS(=O)(=O)c2ccc(C)o2)cc1F. The van der Waals surface area contributed by atoms with E-state index in [1.165, 1.54) is 25.3 Å². The molecule has 0 saturated carbocycles. The van der Waals surface area contributed by atoms with Gasteiger partial charge in [-0.15, -0.1) is 0 Å². The third kappa shape index (κ3) is 3.43. The number of halogens is 1. The van der Waals surface area contributed by atoms with Crippen LogP contribution in [0.15, 0.2) is 39.8 Å². The molecular weight excluding hydrogens is 297 g/mol. The molecule has 7 heteroatoms. The third-order valence-corrected chi connectivity index (χ3v) is 4.40. The van der Waals surface area contributed by atoms with Crippen LogP contribution < -0.4 is 9.46 Å². The van der Waals surface area contributed by atoms with E-state index in [0.29, 0.717) is 11.3 Å². The summed E-state index contributed by atoms with van der Waals surface area (Å²) in [5, 5.41) is -0.166. The van der Waals surface area contributed by atoms with Gasteiger partial charge in [-0.3, -0.25) is 0 Å². The average Bonchev–Trinajstić information content (AvgIpc) is 2.85. The fourth-order valence-electron chi connectivity index (χ4n) is 1.87. The molecule has 1 aromatic heterocycles. The monoisotopic (exact) mass is 313 g/mol. The van der Waals surface area contributed by atoms with Crippen LogP contribution in [0.1, 0.15) is 24.3 Å². The highest BCUT2D eigenvalue weighted by molar-refractivity contribution is 7.89. The van der Waals surface area contributed by atoms with E-state index in [4.69, 9.17) is 9.15 Å². The molecule has 0 saturated heterocycles. The van der Waals surface area contributed by atoms with E-state index in [9.17, 15) is 12.8 Å². The van der Waals surface area contributed by atoms with Gasteiger partial charge in [0.25, 0.3) is 10.0 Å². The molecule has 0 amide bonds. The van der Waals surface area contributed by atoms with Crippen molar-refractivity contribution in [2.24, 2.45) is 0 Å². The predicted molar refractivity (Wildman–Crippen MR) is 75.1 cm³/mol. The molecule has 21 heavy (non-hydrogen) atoms. The van der Waals surface area contributed by atoms with Gasteiger partial charge < -0.3 is 9.15 Å². The number of aryl methyl sites for hydroxylation is 1. The van der Waals surface area contributed by atoms with E-state index in [0.717, 1.165) is 0 Å². The van der Waals surface area contributed by atoms with Crippen LogP contribution >= 0.6 is 0 Å². The standard InChI is InChI=1S/C14H16FNO4S/c1-9-4-7-14(20-9)21(17,18)16-10(2)11-5-6-13(19-3)12(15)8-11/h4-8,10,16H,1-3H3/t10-/m1/s1. The minimum absolute atomic E-state index is 0.107. The zero-order valence-electron chi connectivity index (χ0n) is 11.9. The molecule has 1 N–H and O–H groups in total. The molecule has 0 aliphatic carbocycles. The van der Waals surface area contributed by atoms with Crippen molar-refractivity contribution in [1.29, 1.82) is 0 Å². The first kappa shape index (κ1) is 15.5. The maximum absolute atomic E-state index is 13.6. The molecule has 1 aromatic carbocycles. The Morgan fingerprint density at radius 3 is 2.52 bits per heavy atom. The molecule has 0 radical (unpaired) electrons. The number of hydrogen-bond donors (Lipinski definition) is 1. The minimum Gasteiger partial charge on any atom is -0.494 e. The number of furan rings is 1. The van der Waals surface area contributed by atoms with Crippen molar-refractivity contribution in [3.05, 3.63) is 47.5 Å². The lowest BCUT2D eigenvalue weighted by Crippen LogP contribution is -2.26. The fourth-order valence-corrected chi connectivity index (χ4v) is 3.07. The number of hydrogen-bond acceptors (Lipinski definition) is 4. The summed E-state index contributed by atoms with van der Waals surface area (Å²) in [6.45, 7) is 3.27. The molecule has 0 bridgehead atoms. The van der Waals surface area contributed by atoms with E-state index < -0.39 is 21.9 Å². The van der Waals surface area contributed by atoms with Gasteiger partial charge in [-0.1, -0.05) is 6.07 Å². The summed E-state index contributed by atoms with van der Waals surface area (Å²) in [7, 11) is -2.42. The Kier molecular flexibility index (Phi) is 4.34. The molecule has 1 heterocycles. The molecule has 1 atom stereocenters. The first-order chi connectivity index (χ1) is 9.83. The molecular formula is C14H16FNO4S.